The van der Waals surface area contributed by atoms with E-state index in [-0.39, 0.29) is 11.7 Å². The Balaban J connectivity index is 1.45. The summed E-state index contributed by atoms with van der Waals surface area (Å²) in [7, 11) is 0. The molecule has 5 nitrogen and oxygen atoms in total. The number of nitrogens with one attached hydrogen (secondary N) is 1. The van der Waals surface area contributed by atoms with Crippen LogP contribution in [0.25, 0.3) is 22.6 Å². The van der Waals surface area contributed by atoms with E-state index in [1.807, 2.05) is 48.5 Å². The van der Waals surface area contributed by atoms with Gasteiger partial charge in [-0.05, 0) is 57.9 Å². The number of benzene rings is 2. The zero-order chi connectivity index (χ0) is 17.2. The van der Waals surface area contributed by atoms with Crippen molar-refractivity contribution in [3.63, 3.8) is 0 Å². The van der Waals surface area contributed by atoms with Crippen molar-refractivity contribution in [2.45, 2.75) is 6.54 Å². The van der Waals surface area contributed by atoms with Gasteiger partial charge in [-0.25, -0.2) is 4.98 Å². The lowest BCUT2D eigenvalue weighted by Crippen LogP contribution is -2.22. The molecule has 1 N–H and O–H groups in total. The fourth-order valence-electron chi connectivity index (χ4n) is 2.47. The van der Waals surface area contributed by atoms with Crippen molar-refractivity contribution >= 4 is 32.9 Å². The van der Waals surface area contributed by atoms with Gasteiger partial charge in [0.2, 0.25) is 5.89 Å². The molecule has 4 rings (SSSR count). The minimum absolute atomic E-state index is 0.256. The summed E-state index contributed by atoms with van der Waals surface area (Å²) < 4.78 is 11.5. The Kier molecular flexibility index (Phi) is 4.11. The highest BCUT2D eigenvalue weighted by Gasteiger charge is 2.11. The van der Waals surface area contributed by atoms with E-state index < -0.39 is 0 Å². The standard InChI is InChI=1S/C19H13BrN2O3/c20-17-10-9-16(24-17)18(23)21-11-12-5-7-13(8-6-12)19-22-14-3-1-2-4-15(14)25-19/h1-10H,11H2,(H,21,23). The first-order chi connectivity index (χ1) is 12.2. The van der Waals surface area contributed by atoms with Crippen LogP contribution >= 0.6 is 15.9 Å². The van der Waals surface area contributed by atoms with Crippen LogP contribution < -0.4 is 5.32 Å². The van der Waals surface area contributed by atoms with E-state index in [1.165, 1.54) is 0 Å². The number of carbonyl (C=O) groups excluding carboxylic acids is 1. The second-order valence-corrected chi connectivity index (χ2v) is 6.25. The Hall–Kier alpha value is -2.86. The van der Waals surface area contributed by atoms with Crippen molar-refractivity contribution in [1.82, 2.24) is 10.3 Å². The Bertz CT molecular complexity index is 1000. The fourth-order valence-corrected chi connectivity index (χ4v) is 2.77. The molecular weight excluding hydrogens is 384 g/mol. The lowest BCUT2D eigenvalue weighted by Gasteiger charge is -2.04. The number of hydrogen-bond donors (Lipinski definition) is 1. The molecule has 0 spiro atoms. The third-order valence-electron chi connectivity index (χ3n) is 3.74. The van der Waals surface area contributed by atoms with Gasteiger partial charge in [-0.15, -0.1) is 0 Å². The van der Waals surface area contributed by atoms with E-state index in [1.54, 1.807) is 12.1 Å². The second-order valence-electron chi connectivity index (χ2n) is 5.47. The maximum Gasteiger partial charge on any atom is 0.287 e. The first kappa shape index (κ1) is 15.7. The molecule has 2 heterocycles. The molecule has 25 heavy (non-hydrogen) atoms. The molecule has 6 heteroatoms. The molecule has 0 aliphatic carbocycles. The van der Waals surface area contributed by atoms with Gasteiger partial charge in [0.25, 0.3) is 5.91 Å². The summed E-state index contributed by atoms with van der Waals surface area (Å²) in [5.41, 5.74) is 3.46. The number of amides is 1. The highest BCUT2D eigenvalue weighted by Crippen LogP contribution is 2.24. The summed E-state index contributed by atoms with van der Waals surface area (Å²) >= 11 is 3.18. The van der Waals surface area contributed by atoms with Gasteiger partial charge < -0.3 is 14.2 Å². The summed E-state index contributed by atoms with van der Waals surface area (Å²) in [6.45, 7) is 0.408. The summed E-state index contributed by atoms with van der Waals surface area (Å²) in [6, 6.07) is 18.7. The minimum atomic E-state index is -0.256. The van der Waals surface area contributed by atoms with E-state index in [0.29, 0.717) is 17.1 Å². The maximum absolute atomic E-state index is 12.0. The van der Waals surface area contributed by atoms with Gasteiger partial charge in [0.1, 0.15) is 5.52 Å². The topological polar surface area (TPSA) is 68.3 Å². The predicted molar refractivity (Wildman–Crippen MR) is 97.0 cm³/mol. The summed E-state index contributed by atoms with van der Waals surface area (Å²) in [5, 5.41) is 2.82. The molecular formula is C19H13BrN2O3. The first-order valence-corrected chi connectivity index (χ1v) is 8.47. The smallest absolute Gasteiger partial charge is 0.287 e. The van der Waals surface area contributed by atoms with Crippen molar-refractivity contribution in [3.05, 3.63) is 76.7 Å². The molecule has 2 aromatic carbocycles. The van der Waals surface area contributed by atoms with Gasteiger partial charge in [0.15, 0.2) is 16.0 Å². The number of furan rings is 1. The number of halogens is 1. The number of aromatic nitrogens is 1. The zero-order valence-corrected chi connectivity index (χ0v) is 14.6. The minimum Gasteiger partial charge on any atom is -0.444 e. The highest BCUT2D eigenvalue weighted by molar-refractivity contribution is 9.10. The molecule has 4 aromatic rings. The number of para-hydroxylation sites is 2. The highest BCUT2D eigenvalue weighted by atomic mass is 79.9. The fraction of sp³-hybridized carbons (Fsp3) is 0.0526. The molecule has 2 aromatic heterocycles. The lowest BCUT2D eigenvalue weighted by molar-refractivity contribution is 0.0922. The van der Waals surface area contributed by atoms with Crippen LogP contribution in [0.5, 0.6) is 0 Å². The molecule has 0 atom stereocenters. The quantitative estimate of drug-likeness (QED) is 0.538. The van der Waals surface area contributed by atoms with Crippen LogP contribution in [0, 0.1) is 0 Å². The van der Waals surface area contributed by atoms with E-state index in [2.05, 4.69) is 26.2 Å². The first-order valence-electron chi connectivity index (χ1n) is 7.67. The molecule has 0 aliphatic rings. The second kappa shape index (κ2) is 6.57. The molecule has 0 radical (unpaired) electrons. The normalized spacial score (nSPS) is 10.9. The third-order valence-corrected chi connectivity index (χ3v) is 4.17. The summed E-state index contributed by atoms with van der Waals surface area (Å²) in [5.74, 6) is 0.598. The molecule has 0 unspecified atom stereocenters. The van der Waals surface area contributed by atoms with E-state index in [4.69, 9.17) is 8.83 Å². The average molecular weight is 397 g/mol. The van der Waals surface area contributed by atoms with E-state index in [9.17, 15) is 4.79 Å². The lowest BCUT2D eigenvalue weighted by atomic mass is 10.1. The van der Waals surface area contributed by atoms with Gasteiger partial charge in [-0.3, -0.25) is 4.79 Å². The van der Waals surface area contributed by atoms with Crippen molar-refractivity contribution in [2.75, 3.05) is 0 Å². The SMILES string of the molecule is O=C(NCc1ccc(-c2nc3ccccc3o2)cc1)c1ccc(Br)o1. The van der Waals surface area contributed by atoms with Crippen molar-refractivity contribution < 1.29 is 13.6 Å². The number of oxazole rings is 1. The number of nitrogens with zero attached hydrogens (tertiary/aromatic N) is 1. The molecule has 0 saturated heterocycles. The van der Waals surface area contributed by atoms with Crippen LogP contribution in [0.3, 0.4) is 0 Å². The van der Waals surface area contributed by atoms with Gasteiger partial charge >= 0.3 is 0 Å². The maximum atomic E-state index is 12.0. The molecule has 0 saturated carbocycles. The Morgan fingerprint density at radius 3 is 2.52 bits per heavy atom. The monoisotopic (exact) mass is 396 g/mol. The Morgan fingerprint density at radius 1 is 1.00 bits per heavy atom. The van der Waals surface area contributed by atoms with Crippen molar-refractivity contribution in [3.8, 4) is 11.5 Å². The predicted octanol–water partition coefficient (Wildman–Crippen LogP) is 4.78. The molecule has 0 fully saturated rings. The Labute approximate surface area is 151 Å². The summed E-state index contributed by atoms with van der Waals surface area (Å²) in [6.07, 6.45) is 0. The molecule has 1 amide bonds. The van der Waals surface area contributed by atoms with Crippen LogP contribution in [-0.2, 0) is 6.54 Å². The van der Waals surface area contributed by atoms with E-state index in [0.717, 1.165) is 22.2 Å². The van der Waals surface area contributed by atoms with Crippen LogP contribution in [0.1, 0.15) is 16.1 Å². The van der Waals surface area contributed by atoms with Gasteiger partial charge in [0, 0.05) is 12.1 Å². The third kappa shape index (κ3) is 3.34. The average Bonchev–Trinajstić information content (AvgIpc) is 3.26. The van der Waals surface area contributed by atoms with Crippen LogP contribution in [0.2, 0.25) is 0 Å². The van der Waals surface area contributed by atoms with Crippen molar-refractivity contribution in [2.24, 2.45) is 0 Å². The van der Waals surface area contributed by atoms with Gasteiger partial charge in [0.05, 0.1) is 0 Å². The van der Waals surface area contributed by atoms with E-state index >= 15 is 0 Å². The van der Waals surface area contributed by atoms with Crippen LogP contribution in [0.4, 0.5) is 0 Å². The number of carbonyl (C=O) groups is 1. The van der Waals surface area contributed by atoms with Gasteiger partial charge in [-0.2, -0.15) is 0 Å². The van der Waals surface area contributed by atoms with Crippen LogP contribution in [0.15, 0.2) is 74.2 Å². The number of hydrogen-bond acceptors (Lipinski definition) is 4. The molecule has 0 bridgehead atoms. The van der Waals surface area contributed by atoms with Crippen molar-refractivity contribution in [1.29, 1.82) is 0 Å². The number of rotatable bonds is 4. The summed E-state index contributed by atoms with van der Waals surface area (Å²) in [4.78, 5) is 16.4. The molecule has 124 valence electrons. The van der Waals surface area contributed by atoms with Crippen LogP contribution in [-0.4, -0.2) is 10.9 Å². The Morgan fingerprint density at radius 2 is 1.80 bits per heavy atom. The number of fused-ring (bicyclic) bond motifs is 1. The molecule has 0 aliphatic heterocycles. The largest absolute Gasteiger partial charge is 0.444 e. The zero-order valence-electron chi connectivity index (χ0n) is 13.0. The van der Waals surface area contributed by atoms with Gasteiger partial charge in [-0.1, -0.05) is 24.3 Å².